The van der Waals surface area contributed by atoms with Gasteiger partial charge in [-0.05, 0) is 113 Å². The van der Waals surface area contributed by atoms with Crippen LogP contribution in [0, 0.1) is 17.8 Å². The molecular formula is C52H87N5O13. The second-order valence-corrected chi connectivity index (χ2v) is 21.4. The van der Waals surface area contributed by atoms with Crippen LogP contribution in [0.15, 0.2) is 36.5 Å². The van der Waals surface area contributed by atoms with E-state index in [0.29, 0.717) is 25.9 Å². The van der Waals surface area contributed by atoms with E-state index in [-0.39, 0.29) is 56.4 Å². The van der Waals surface area contributed by atoms with Gasteiger partial charge in [-0.2, -0.15) is 0 Å². The van der Waals surface area contributed by atoms with Crippen LogP contribution in [0.4, 0.5) is 5.69 Å². The fourth-order valence-electron chi connectivity index (χ4n) is 10.9. The van der Waals surface area contributed by atoms with Crippen molar-refractivity contribution in [2.75, 3.05) is 59.8 Å². The number of aliphatic hydroxyl groups excluding tert-OH is 2. The summed E-state index contributed by atoms with van der Waals surface area (Å²) in [7, 11) is 7.32. The molecule has 18 nitrogen and oxygen atoms in total. The molecule has 6 N–H and O–H groups in total. The Morgan fingerprint density at radius 1 is 0.971 bits per heavy atom. The van der Waals surface area contributed by atoms with Gasteiger partial charge in [0.05, 0.1) is 53.6 Å². The minimum atomic E-state index is -1.83. The fraction of sp³-hybridized carbons (Fsp3) is 0.788. The molecule has 1 aromatic heterocycles. The standard InChI is InChI=1S/C52H87N5O13/c1-15-40-52(10,63)45(59)34(6)57(13)29-30(2)26-50(8,62)47(32(4)43(33(5)48(61)68-40)69-42-27-51(9,64-14)46(60)35(7)67-42)70-49-44(39(56(11)12)25-31(3)66-49)65-24-18-22-54-41(58)28-55-38-21-23-53-37-20-17-16-19-36(37)38/h16-17,19-21,23,30-35,39-40,42-47,49,59-60,62-63H,15,18,22,24-29H2,1-14H3,(H,53,55)(H,54,58)/t30-,31-,32+,33-,34-,35+,39+,40-,42+,43+,44-,45-,46+,47-,49+,50-,51-,52-/m1/s1. The molecule has 3 saturated heterocycles. The van der Waals surface area contributed by atoms with Crippen LogP contribution in [0.5, 0.6) is 0 Å². The number of nitrogens with one attached hydrogen (secondary N) is 2. The number of cyclic esters (lactones) is 1. The molecule has 18 heteroatoms. The van der Waals surface area contributed by atoms with Gasteiger partial charge < -0.3 is 74.0 Å². The number of benzene rings is 1. The number of ether oxygens (including phenoxy) is 7. The summed E-state index contributed by atoms with van der Waals surface area (Å²) in [6, 6.07) is 8.85. The number of fused-ring (bicyclic) bond motifs is 1. The average Bonchev–Trinajstić information content (AvgIpc) is 3.31. The van der Waals surface area contributed by atoms with Gasteiger partial charge in [0.1, 0.15) is 30.0 Å². The molecule has 4 heterocycles. The lowest BCUT2D eigenvalue weighted by atomic mass is 9.77. The van der Waals surface area contributed by atoms with Crippen LogP contribution in [0.25, 0.3) is 10.9 Å². The number of para-hydroxylation sites is 1. The molecule has 2 aromatic rings. The number of hydrogen-bond donors (Lipinski definition) is 6. The Kier molecular flexibility index (Phi) is 20.4. The normalized spacial score (nSPS) is 39.8. The van der Waals surface area contributed by atoms with Crippen molar-refractivity contribution >= 4 is 28.5 Å². The Morgan fingerprint density at radius 3 is 2.34 bits per heavy atom. The smallest absolute Gasteiger partial charge is 0.311 e. The molecule has 3 aliphatic heterocycles. The summed E-state index contributed by atoms with van der Waals surface area (Å²) in [6.45, 7) is 19.0. The van der Waals surface area contributed by atoms with Crippen LogP contribution in [0.1, 0.15) is 101 Å². The van der Waals surface area contributed by atoms with E-state index in [4.69, 9.17) is 33.2 Å². The van der Waals surface area contributed by atoms with Crippen molar-refractivity contribution < 1.29 is 63.2 Å². The van der Waals surface area contributed by atoms with Gasteiger partial charge in [0, 0.05) is 68.5 Å². The summed E-state index contributed by atoms with van der Waals surface area (Å²) >= 11 is 0. The number of carbonyl (C=O) groups is 2. The molecule has 0 unspecified atom stereocenters. The third-order valence-electron chi connectivity index (χ3n) is 15.2. The lowest BCUT2D eigenvalue weighted by molar-refractivity contribution is -0.321. The highest BCUT2D eigenvalue weighted by molar-refractivity contribution is 5.92. The molecule has 0 aliphatic carbocycles. The number of aromatic nitrogens is 1. The maximum Gasteiger partial charge on any atom is 0.311 e. The number of likely N-dealkylation sites (N-methyl/N-ethyl adjacent to an activating group) is 2. The first kappa shape index (κ1) is 57.8. The van der Waals surface area contributed by atoms with Gasteiger partial charge in [0.2, 0.25) is 5.91 Å². The van der Waals surface area contributed by atoms with Gasteiger partial charge in [0.25, 0.3) is 0 Å². The Balaban J connectivity index is 1.44. The van der Waals surface area contributed by atoms with Crippen molar-refractivity contribution in [2.24, 2.45) is 17.8 Å². The lowest BCUT2D eigenvalue weighted by Gasteiger charge is -2.49. The summed E-state index contributed by atoms with van der Waals surface area (Å²) in [5.41, 5.74) is -2.82. The highest BCUT2D eigenvalue weighted by Crippen LogP contribution is 2.40. The maximum absolute atomic E-state index is 14.5. The van der Waals surface area contributed by atoms with Crippen LogP contribution in [0.3, 0.4) is 0 Å². The first-order valence-corrected chi connectivity index (χ1v) is 25.4. The van der Waals surface area contributed by atoms with E-state index in [0.717, 1.165) is 16.6 Å². The van der Waals surface area contributed by atoms with E-state index >= 15 is 0 Å². The number of hydrogen-bond acceptors (Lipinski definition) is 17. The summed E-state index contributed by atoms with van der Waals surface area (Å²) in [6.07, 6.45) is -5.67. The van der Waals surface area contributed by atoms with Crippen molar-refractivity contribution in [3.05, 3.63) is 36.5 Å². The molecule has 0 bridgehead atoms. The minimum absolute atomic E-state index is 0.0812. The fourth-order valence-corrected chi connectivity index (χ4v) is 10.9. The number of pyridine rings is 1. The summed E-state index contributed by atoms with van der Waals surface area (Å²) in [4.78, 5) is 35.9. The van der Waals surface area contributed by atoms with Gasteiger partial charge in [-0.3, -0.25) is 14.6 Å². The quantitative estimate of drug-likeness (QED) is 0.109. The van der Waals surface area contributed by atoms with E-state index in [1.54, 1.807) is 40.8 Å². The number of carbonyl (C=O) groups excluding carboxylic acids is 2. The summed E-state index contributed by atoms with van der Waals surface area (Å²) in [5, 5.41) is 54.8. The van der Waals surface area contributed by atoms with Gasteiger partial charge in [-0.1, -0.05) is 39.0 Å². The number of esters is 1. The lowest BCUT2D eigenvalue weighted by Crippen LogP contribution is -2.61. The second-order valence-electron chi connectivity index (χ2n) is 21.4. The monoisotopic (exact) mass is 990 g/mol. The molecule has 1 aromatic carbocycles. The molecule has 70 heavy (non-hydrogen) atoms. The number of nitrogens with zero attached hydrogens (tertiary/aromatic N) is 3. The minimum Gasteiger partial charge on any atom is -0.459 e. The zero-order chi connectivity index (χ0) is 51.9. The number of methoxy groups -OCH3 is 1. The molecule has 3 fully saturated rings. The molecular weight excluding hydrogens is 903 g/mol. The molecule has 18 atom stereocenters. The predicted molar refractivity (Wildman–Crippen MR) is 266 cm³/mol. The number of amides is 1. The average molecular weight is 990 g/mol. The number of aliphatic hydroxyl groups is 4. The van der Waals surface area contributed by atoms with Crippen LogP contribution in [-0.2, 0) is 42.7 Å². The van der Waals surface area contributed by atoms with E-state index in [1.165, 1.54) is 14.0 Å². The van der Waals surface area contributed by atoms with Crippen LogP contribution in [0.2, 0.25) is 0 Å². The number of rotatable bonds is 15. The van der Waals surface area contributed by atoms with Gasteiger partial charge in [0.15, 0.2) is 12.6 Å². The van der Waals surface area contributed by atoms with E-state index in [2.05, 4.69) is 20.5 Å². The van der Waals surface area contributed by atoms with Gasteiger partial charge in [-0.15, -0.1) is 0 Å². The van der Waals surface area contributed by atoms with Crippen molar-refractivity contribution in [2.45, 2.75) is 192 Å². The Hall–Kier alpha value is -3.11. The second kappa shape index (κ2) is 24.7. The highest BCUT2D eigenvalue weighted by Gasteiger charge is 2.53. The largest absolute Gasteiger partial charge is 0.459 e. The maximum atomic E-state index is 14.5. The van der Waals surface area contributed by atoms with E-state index in [1.807, 2.05) is 84.1 Å². The van der Waals surface area contributed by atoms with E-state index < -0.39 is 96.0 Å². The highest BCUT2D eigenvalue weighted by atomic mass is 16.7. The first-order valence-electron chi connectivity index (χ1n) is 25.4. The molecule has 0 saturated carbocycles. The molecule has 398 valence electrons. The van der Waals surface area contributed by atoms with Crippen LogP contribution in [-0.4, -0.2) is 192 Å². The van der Waals surface area contributed by atoms with Crippen molar-refractivity contribution in [1.82, 2.24) is 20.1 Å². The third kappa shape index (κ3) is 13.9. The molecule has 0 spiro atoms. The predicted octanol–water partition coefficient (Wildman–Crippen LogP) is 4.09. The Morgan fingerprint density at radius 2 is 1.67 bits per heavy atom. The molecule has 5 rings (SSSR count). The molecule has 1 amide bonds. The zero-order valence-electron chi connectivity index (χ0n) is 44.3. The Labute approximate surface area is 416 Å². The SMILES string of the molecule is CC[C@H]1OC(=O)[C@H](C)[C@@H](O[C@H]2C[C@@](C)(OC)[C@@H](O)[C@H](C)O2)[C@H](C)[C@@H](O[C@@H]2O[C@H](C)C[C@H](N(C)C)[C@H]2OCCCNC(=O)CNc2ccnc3ccccc23)[C@](C)(O)C[C@@H](C)CN(C)[C@H](C)[C@@H](O)[C@]1(C)O. The third-order valence-corrected chi connectivity index (χ3v) is 15.2. The molecule has 3 aliphatic rings. The number of anilines is 1. The summed E-state index contributed by atoms with van der Waals surface area (Å²) < 4.78 is 45.6. The van der Waals surface area contributed by atoms with Crippen molar-refractivity contribution in [1.29, 1.82) is 0 Å². The van der Waals surface area contributed by atoms with E-state index in [9.17, 15) is 30.0 Å². The van der Waals surface area contributed by atoms with Gasteiger partial charge in [-0.25, -0.2) is 0 Å². The topological polar surface area (TPSA) is 223 Å². The molecule has 0 radical (unpaired) electrons. The first-order chi connectivity index (χ1) is 32.8. The van der Waals surface area contributed by atoms with Crippen LogP contribution < -0.4 is 10.6 Å². The Bertz CT molecular complexity index is 1970. The van der Waals surface area contributed by atoms with Crippen LogP contribution >= 0.6 is 0 Å². The van der Waals surface area contributed by atoms with Crippen molar-refractivity contribution in [3.63, 3.8) is 0 Å². The van der Waals surface area contributed by atoms with Crippen molar-refractivity contribution in [3.8, 4) is 0 Å². The summed E-state index contributed by atoms with van der Waals surface area (Å²) in [5.74, 6) is -2.85. The van der Waals surface area contributed by atoms with Gasteiger partial charge >= 0.3 is 5.97 Å². The zero-order valence-corrected chi connectivity index (χ0v) is 44.3.